The number of aliphatic hydroxyl groups excluding tert-OH is 1. The number of halogens is 2. The molecule has 0 radical (unpaired) electrons. The SMILES string of the molecule is CCNCc1ccc(S(=O)(=O)N(CCO)CC(F)F)cc1. The normalized spacial score (nSPS) is 12.3. The summed E-state index contributed by atoms with van der Waals surface area (Å²) >= 11 is 0. The average molecular weight is 322 g/mol. The van der Waals surface area contributed by atoms with Gasteiger partial charge in [0, 0.05) is 13.1 Å². The second-order valence-corrected chi connectivity index (χ2v) is 6.34. The Bertz CT molecular complexity index is 521. The highest BCUT2D eigenvalue weighted by atomic mass is 32.2. The van der Waals surface area contributed by atoms with E-state index in [0.717, 1.165) is 12.1 Å². The number of hydrogen-bond donors (Lipinski definition) is 2. The number of rotatable bonds is 9. The van der Waals surface area contributed by atoms with Gasteiger partial charge in [-0.05, 0) is 24.2 Å². The van der Waals surface area contributed by atoms with Gasteiger partial charge in [-0.3, -0.25) is 0 Å². The fourth-order valence-electron chi connectivity index (χ4n) is 1.77. The van der Waals surface area contributed by atoms with Crippen LogP contribution in [0.1, 0.15) is 12.5 Å². The van der Waals surface area contributed by atoms with Gasteiger partial charge < -0.3 is 10.4 Å². The van der Waals surface area contributed by atoms with Crippen molar-refractivity contribution in [1.82, 2.24) is 9.62 Å². The van der Waals surface area contributed by atoms with Gasteiger partial charge in [0.1, 0.15) is 0 Å². The monoisotopic (exact) mass is 322 g/mol. The lowest BCUT2D eigenvalue weighted by Crippen LogP contribution is -2.37. The highest BCUT2D eigenvalue weighted by Crippen LogP contribution is 2.17. The summed E-state index contributed by atoms with van der Waals surface area (Å²) in [6, 6.07) is 6.04. The summed E-state index contributed by atoms with van der Waals surface area (Å²) in [5, 5.41) is 11.9. The number of nitrogens with one attached hydrogen (secondary N) is 1. The molecule has 2 N–H and O–H groups in total. The highest BCUT2D eigenvalue weighted by molar-refractivity contribution is 7.89. The molecule has 5 nitrogen and oxygen atoms in total. The molecule has 0 bridgehead atoms. The number of hydrogen-bond acceptors (Lipinski definition) is 4. The van der Waals surface area contributed by atoms with E-state index in [4.69, 9.17) is 5.11 Å². The van der Waals surface area contributed by atoms with Crippen LogP contribution >= 0.6 is 0 Å². The van der Waals surface area contributed by atoms with Crippen molar-refractivity contribution in [2.24, 2.45) is 0 Å². The second kappa shape index (κ2) is 8.38. The van der Waals surface area contributed by atoms with Gasteiger partial charge in [0.05, 0.1) is 18.0 Å². The zero-order valence-electron chi connectivity index (χ0n) is 11.8. The number of alkyl halides is 2. The summed E-state index contributed by atoms with van der Waals surface area (Å²) < 4.78 is 50.0. The molecular weight excluding hydrogens is 302 g/mol. The molecule has 0 fully saturated rings. The van der Waals surface area contributed by atoms with E-state index in [1.165, 1.54) is 12.1 Å². The number of sulfonamides is 1. The Balaban J connectivity index is 2.93. The molecule has 0 aliphatic heterocycles. The number of benzene rings is 1. The maximum absolute atomic E-state index is 12.5. The van der Waals surface area contributed by atoms with Crippen LogP contribution in [0.25, 0.3) is 0 Å². The fraction of sp³-hybridized carbons (Fsp3) is 0.538. The predicted molar refractivity (Wildman–Crippen MR) is 75.7 cm³/mol. The topological polar surface area (TPSA) is 69.6 Å². The van der Waals surface area contributed by atoms with Crippen molar-refractivity contribution < 1.29 is 22.3 Å². The largest absolute Gasteiger partial charge is 0.395 e. The van der Waals surface area contributed by atoms with Gasteiger partial charge in [-0.2, -0.15) is 4.31 Å². The van der Waals surface area contributed by atoms with Crippen LogP contribution in [-0.4, -0.2) is 50.5 Å². The van der Waals surface area contributed by atoms with Gasteiger partial charge in [0.25, 0.3) is 6.43 Å². The first-order valence-corrected chi connectivity index (χ1v) is 8.04. The third-order valence-corrected chi connectivity index (χ3v) is 4.71. The van der Waals surface area contributed by atoms with Crippen molar-refractivity contribution in [3.05, 3.63) is 29.8 Å². The molecule has 0 aliphatic carbocycles. The molecule has 0 spiro atoms. The van der Waals surface area contributed by atoms with Gasteiger partial charge in [0.15, 0.2) is 0 Å². The molecule has 120 valence electrons. The lowest BCUT2D eigenvalue weighted by atomic mass is 10.2. The molecule has 0 amide bonds. The Hall–Kier alpha value is -1.09. The molecule has 0 aromatic heterocycles. The van der Waals surface area contributed by atoms with Crippen LogP contribution in [0.2, 0.25) is 0 Å². The van der Waals surface area contributed by atoms with Gasteiger partial charge >= 0.3 is 0 Å². The molecule has 0 atom stereocenters. The lowest BCUT2D eigenvalue weighted by Gasteiger charge is -2.21. The van der Waals surface area contributed by atoms with Crippen LogP contribution in [0.5, 0.6) is 0 Å². The molecule has 1 aromatic carbocycles. The molecule has 0 saturated heterocycles. The van der Waals surface area contributed by atoms with Crippen LogP contribution in [-0.2, 0) is 16.6 Å². The van der Waals surface area contributed by atoms with Crippen LogP contribution in [0.15, 0.2) is 29.2 Å². The average Bonchev–Trinajstić information content (AvgIpc) is 2.44. The lowest BCUT2D eigenvalue weighted by molar-refractivity contribution is 0.113. The van der Waals surface area contributed by atoms with Gasteiger partial charge in [-0.15, -0.1) is 0 Å². The summed E-state index contributed by atoms with van der Waals surface area (Å²) in [7, 11) is -4.02. The van der Waals surface area contributed by atoms with Gasteiger partial charge in [0.2, 0.25) is 10.0 Å². The summed E-state index contributed by atoms with van der Waals surface area (Å²) in [6.07, 6.45) is -2.79. The Morgan fingerprint density at radius 2 is 1.90 bits per heavy atom. The quantitative estimate of drug-likeness (QED) is 0.713. The molecule has 8 heteroatoms. The molecule has 1 aromatic rings. The zero-order chi connectivity index (χ0) is 15.9. The van der Waals surface area contributed by atoms with Gasteiger partial charge in [-0.1, -0.05) is 19.1 Å². The first-order valence-electron chi connectivity index (χ1n) is 6.60. The Morgan fingerprint density at radius 1 is 1.29 bits per heavy atom. The van der Waals surface area contributed by atoms with E-state index >= 15 is 0 Å². The predicted octanol–water partition coefficient (Wildman–Crippen LogP) is 1.04. The minimum absolute atomic E-state index is 0.0585. The zero-order valence-corrected chi connectivity index (χ0v) is 12.6. The smallest absolute Gasteiger partial charge is 0.252 e. The summed E-state index contributed by atoms with van der Waals surface area (Å²) in [6.45, 7) is 1.56. The molecule has 0 aliphatic rings. The first kappa shape index (κ1) is 18.0. The van der Waals surface area contributed by atoms with Crippen molar-refractivity contribution in [3.63, 3.8) is 0 Å². The van der Waals surface area contributed by atoms with Crippen molar-refractivity contribution in [1.29, 1.82) is 0 Å². The molecule has 0 saturated carbocycles. The van der Waals surface area contributed by atoms with Crippen molar-refractivity contribution in [3.8, 4) is 0 Å². The van der Waals surface area contributed by atoms with Crippen LogP contribution in [0.4, 0.5) is 8.78 Å². The number of nitrogens with zero attached hydrogens (tertiary/aromatic N) is 1. The minimum atomic E-state index is -4.02. The second-order valence-electron chi connectivity index (χ2n) is 4.40. The van der Waals surface area contributed by atoms with E-state index in [1.54, 1.807) is 12.1 Å². The van der Waals surface area contributed by atoms with E-state index in [9.17, 15) is 17.2 Å². The maximum atomic E-state index is 12.5. The first-order chi connectivity index (χ1) is 9.91. The summed E-state index contributed by atoms with van der Waals surface area (Å²) in [5.74, 6) is 0. The van der Waals surface area contributed by atoms with Gasteiger partial charge in [-0.25, -0.2) is 17.2 Å². The molecule has 1 rings (SSSR count). The van der Waals surface area contributed by atoms with Crippen LogP contribution in [0.3, 0.4) is 0 Å². The number of aliphatic hydroxyl groups is 1. The van der Waals surface area contributed by atoms with Crippen molar-refractivity contribution in [2.45, 2.75) is 24.8 Å². The standard InChI is InChI=1S/C13H20F2N2O3S/c1-2-16-9-11-3-5-12(6-4-11)21(19,20)17(7-8-18)10-13(14)15/h3-6,13,16,18H,2,7-10H2,1H3. The van der Waals surface area contributed by atoms with E-state index in [-0.39, 0.29) is 11.4 Å². The maximum Gasteiger partial charge on any atom is 0.252 e. The van der Waals surface area contributed by atoms with E-state index in [1.807, 2.05) is 6.92 Å². The van der Waals surface area contributed by atoms with E-state index in [2.05, 4.69) is 5.32 Å². The minimum Gasteiger partial charge on any atom is -0.395 e. The molecule has 0 heterocycles. The summed E-state index contributed by atoms with van der Waals surface area (Å²) in [5.41, 5.74) is 0.901. The Kier molecular flexibility index (Phi) is 7.16. The Labute approximate surface area is 123 Å². The third-order valence-electron chi connectivity index (χ3n) is 2.83. The van der Waals surface area contributed by atoms with Crippen LogP contribution < -0.4 is 5.32 Å². The van der Waals surface area contributed by atoms with Crippen molar-refractivity contribution in [2.75, 3.05) is 26.2 Å². The molecule has 21 heavy (non-hydrogen) atoms. The highest BCUT2D eigenvalue weighted by Gasteiger charge is 2.26. The molecular formula is C13H20F2N2O3S. The van der Waals surface area contributed by atoms with Crippen molar-refractivity contribution >= 4 is 10.0 Å². The Morgan fingerprint density at radius 3 is 2.38 bits per heavy atom. The van der Waals surface area contributed by atoms with E-state index < -0.39 is 29.6 Å². The third kappa shape index (κ3) is 5.31. The van der Waals surface area contributed by atoms with Crippen LogP contribution in [0, 0.1) is 0 Å². The molecule has 0 unspecified atom stereocenters. The van der Waals surface area contributed by atoms with E-state index in [0.29, 0.717) is 10.8 Å². The summed E-state index contributed by atoms with van der Waals surface area (Å²) in [4.78, 5) is -0.0585. The fourth-order valence-corrected chi connectivity index (χ4v) is 3.18.